The minimum Gasteiger partial charge on any atom is -0.519 e. The summed E-state index contributed by atoms with van der Waals surface area (Å²) in [5.41, 5.74) is 1.29. The summed E-state index contributed by atoms with van der Waals surface area (Å²) < 4.78 is 32.8. The zero-order valence-electron chi connectivity index (χ0n) is 12.7. The first kappa shape index (κ1) is 16.5. The minimum atomic E-state index is -3.70. The van der Waals surface area contributed by atoms with Crippen LogP contribution in [0.3, 0.4) is 0 Å². The van der Waals surface area contributed by atoms with Crippen molar-refractivity contribution < 1.29 is 17.6 Å². The summed E-state index contributed by atoms with van der Waals surface area (Å²) in [4.78, 5) is 10.1. The average Bonchev–Trinajstić information content (AvgIpc) is 2.39. The van der Waals surface area contributed by atoms with E-state index >= 15 is 0 Å². The molecule has 0 heterocycles. The number of hydrogen-bond donors (Lipinski definition) is 2. The molecule has 0 atom stereocenters. The topological polar surface area (TPSA) is 75.6 Å². The number of para-hydroxylation sites is 2. The molecular formula is C15H19NO4SSi. The predicted molar refractivity (Wildman–Crippen MR) is 88.8 cm³/mol. The van der Waals surface area contributed by atoms with Crippen molar-refractivity contribution in [1.82, 2.24) is 0 Å². The van der Waals surface area contributed by atoms with Crippen molar-refractivity contribution in [2.24, 2.45) is 0 Å². The largest absolute Gasteiger partial charge is 0.519 e. The van der Waals surface area contributed by atoms with Gasteiger partial charge < -0.3 is 9.22 Å². The van der Waals surface area contributed by atoms with E-state index in [2.05, 4.69) is 4.72 Å². The maximum Gasteiger partial charge on any atom is 0.389 e. The molecule has 0 aliphatic rings. The van der Waals surface area contributed by atoms with Crippen molar-refractivity contribution in [2.75, 3.05) is 4.72 Å². The smallest absolute Gasteiger partial charge is 0.389 e. The fraction of sp³-hybridized carbons (Fsp3) is 0.200. The lowest BCUT2D eigenvalue weighted by atomic mass is 10.2. The van der Waals surface area contributed by atoms with Crippen molar-refractivity contribution in [1.29, 1.82) is 0 Å². The van der Waals surface area contributed by atoms with Crippen LogP contribution in [0.2, 0.25) is 13.1 Å². The number of sulfonamides is 1. The summed E-state index contributed by atoms with van der Waals surface area (Å²) in [6.07, 6.45) is 0. The summed E-state index contributed by atoms with van der Waals surface area (Å²) in [5, 5.41) is 0. The number of rotatable bonds is 5. The molecule has 7 heteroatoms. The number of nitrogens with one attached hydrogen (secondary N) is 1. The lowest BCUT2D eigenvalue weighted by Crippen LogP contribution is -2.34. The van der Waals surface area contributed by atoms with Crippen LogP contribution in [0.25, 0.3) is 0 Å². The van der Waals surface area contributed by atoms with Gasteiger partial charge in [0, 0.05) is 0 Å². The van der Waals surface area contributed by atoms with E-state index in [0.717, 1.165) is 5.56 Å². The van der Waals surface area contributed by atoms with Gasteiger partial charge in [-0.25, -0.2) is 8.42 Å². The van der Waals surface area contributed by atoms with Crippen LogP contribution < -0.4 is 9.15 Å². The fourth-order valence-corrected chi connectivity index (χ4v) is 3.62. The van der Waals surface area contributed by atoms with Crippen molar-refractivity contribution in [2.45, 2.75) is 24.9 Å². The van der Waals surface area contributed by atoms with E-state index in [4.69, 9.17) is 4.43 Å². The van der Waals surface area contributed by atoms with Crippen molar-refractivity contribution in [3.8, 4) is 5.75 Å². The molecule has 0 bridgehead atoms. The van der Waals surface area contributed by atoms with E-state index in [-0.39, 0.29) is 4.90 Å². The van der Waals surface area contributed by atoms with Crippen LogP contribution in [0.15, 0.2) is 53.4 Å². The first-order valence-electron chi connectivity index (χ1n) is 6.77. The quantitative estimate of drug-likeness (QED) is 0.823. The highest BCUT2D eigenvalue weighted by Gasteiger charge is 2.23. The molecule has 0 radical (unpaired) electrons. The molecule has 0 aromatic heterocycles. The molecule has 0 amide bonds. The summed E-state index contributed by atoms with van der Waals surface area (Å²) in [5.74, 6) is 0.317. The zero-order valence-corrected chi connectivity index (χ0v) is 14.5. The predicted octanol–water partition coefficient (Wildman–Crippen LogP) is 2.87. The van der Waals surface area contributed by atoms with Gasteiger partial charge >= 0.3 is 8.56 Å². The van der Waals surface area contributed by atoms with E-state index in [0.29, 0.717) is 11.4 Å². The van der Waals surface area contributed by atoms with Crippen molar-refractivity contribution in [3.63, 3.8) is 0 Å². The molecular weight excluding hydrogens is 318 g/mol. The lowest BCUT2D eigenvalue weighted by molar-refractivity contribution is 0.392. The molecule has 2 aromatic rings. The third kappa shape index (κ3) is 4.33. The van der Waals surface area contributed by atoms with Crippen LogP contribution in [0.1, 0.15) is 5.56 Å². The Bertz CT molecular complexity index is 752. The van der Waals surface area contributed by atoms with Gasteiger partial charge in [-0.2, -0.15) is 0 Å². The zero-order chi connectivity index (χ0) is 16.4. The number of aryl methyl sites for hydroxylation is 1. The maximum absolute atomic E-state index is 12.4. The van der Waals surface area contributed by atoms with E-state index in [1.54, 1.807) is 61.6 Å². The van der Waals surface area contributed by atoms with Gasteiger partial charge in [0.05, 0.1) is 10.6 Å². The lowest BCUT2D eigenvalue weighted by Gasteiger charge is -2.20. The first-order chi connectivity index (χ1) is 10.2. The number of anilines is 1. The maximum atomic E-state index is 12.4. The van der Waals surface area contributed by atoms with E-state index in [1.807, 2.05) is 6.92 Å². The highest BCUT2D eigenvalue weighted by molar-refractivity contribution is 7.92. The Kier molecular flexibility index (Phi) is 4.60. The minimum absolute atomic E-state index is 0.174. The Morgan fingerprint density at radius 3 is 2.23 bits per heavy atom. The van der Waals surface area contributed by atoms with Gasteiger partial charge in [0.25, 0.3) is 10.0 Å². The van der Waals surface area contributed by atoms with Gasteiger partial charge in [-0.1, -0.05) is 29.8 Å². The molecule has 5 nitrogen and oxygen atoms in total. The van der Waals surface area contributed by atoms with Crippen LogP contribution in [0.5, 0.6) is 5.75 Å². The molecule has 2 N–H and O–H groups in total. The van der Waals surface area contributed by atoms with Crippen LogP contribution in [-0.4, -0.2) is 21.8 Å². The van der Waals surface area contributed by atoms with E-state index < -0.39 is 18.6 Å². The molecule has 118 valence electrons. The molecule has 22 heavy (non-hydrogen) atoms. The highest BCUT2D eigenvalue weighted by atomic mass is 32.2. The first-order valence-corrected chi connectivity index (χ1v) is 11.1. The molecule has 0 spiro atoms. The molecule has 0 unspecified atom stereocenters. The second-order valence-electron chi connectivity index (χ2n) is 5.46. The summed E-state index contributed by atoms with van der Waals surface area (Å²) in [6, 6.07) is 13.2. The standard InChI is InChI=1S/C15H19NO4SSi/c1-12-8-10-13(11-9-12)21(17,18)16-14-6-4-5-7-15(14)20-22(2,3)19/h4-11,16,19H,1-3H3. The third-order valence-corrected chi connectivity index (χ3v) is 4.92. The Labute approximate surface area is 131 Å². The highest BCUT2D eigenvalue weighted by Crippen LogP contribution is 2.28. The SMILES string of the molecule is Cc1ccc(S(=O)(=O)Nc2ccccc2O[Si](C)(C)O)cc1. The van der Waals surface area contributed by atoms with Gasteiger partial charge in [-0.05, 0) is 44.3 Å². The Hall–Kier alpha value is -1.83. The van der Waals surface area contributed by atoms with Crippen molar-refractivity contribution in [3.05, 3.63) is 54.1 Å². The summed E-state index contributed by atoms with van der Waals surface area (Å²) >= 11 is 0. The van der Waals surface area contributed by atoms with Crippen LogP contribution in [0.4, 0.5) is 5.69 Å². The van der Waals surface area contributed by atoms with Gasteiger partial charge in [-0.15, -0.1) is 0 Å². The van der Waals surface area contributed by atoms with Crippen LogP contribution >= 0.6 is 0 Å². The number of hydrogen-bond acceptors (Lipinski definition) is 4. The second-order valence-corrected chi connectivity index (χ2v) is 10.2. The van der Waals surface area contributed by atoms with Gasteiger partial charge in [-0.3, -0.25) is 4.72 Å². The second kappa shape index (κ2) is 6.11. The van der Waals surface area contributed by atoms with Crippen molar-refractivity contribution >= 4 is 24.3 Å². The summed E-state index contributed by atoms with van der Waals surface area (Å²) in [6.45, 7) is 5.11. The van der Waals surface area contributed by atoms with E-state index in [9.17, 15) is 13.2 Å². The summed E-state index contributed by atoms with van der Waals surface area (Å²) in [7, 11) is -6.53. The Morgan fingerprint density at radius 1 is 1.05 bits per heavy atom. The number of benzene rings is 2. The molecule has 0 saturated carbocycles. The van der Waals surface area contributed by atoms with Gasteiger partial charge in [0.1, 0.15) is 5.75 Å². The molecule has 0 aliphatic carbocycles. The van der Waals surface area contributed by atoms with Crippen LogP contribution in [-0.2, 0) is 10.0 Å². The third-order valence-electron chi connectivity index (χ3n) is 2.82. The molecule has 0 saturated heterocycles. The monoisotopic (exact) mass is 337 g/mol. The van der Waals surface area contributed by atoms with Crippen LogP contribution in [0, 0.1) is 6.92 Å². The molecule has 2 aromatic carbocycles. The van der Waals surface area contributed by atoms with E-state index in [1.165, 1.54) is 0 Å². The Balaban J connectivity index is 2.32. The average molecular weight is 337 g/mol. The molecule has 0 fully saturated rings. The Morgan fingerprint density at radius 2 is 1.64 bits per heavy atom. The normalized spacial score (nSPS) is 12.0. The fourth-order valence-electron chi connectivity index (χ4n) is 1.83. The molecule has 0 aliphatic heterocycles. The van der Waals surface area contributed by atoms with Gasteiger partial charge in [0.15, 0.2) is 0 Å². The molecule has 2 rings (SSSR count). The van der Waals surface area contributed by atoms with Gasteiger partial charge in [0.2, 0.25) is 0 Å².